The molecule has 0 amide bonds. The fourth-order valence-corrected chi connectivity index (χ4v) is 4.71. The largest absolute Gasteiger partial charge is 0.485 e. The molecule has 4 aromatic rings. The third-order valence-electron chi connectivity index (χ3n) is 6.45. The van der Waals surface area contributed by atoms with Crippen LogP contribution in [0.3, 0.4) is 0 Å². The number of ether oxygens (including phenoxy) is 2. The number of nitriles is 1. The molecule has 35 heavy (non-hydrogen) atoms. The minimum atomic E-state index is -0.376. The molecule has 174 valence electrons. The molecule has 0 saturated carbocycles. The molecule has 1 heterocycles. The van der Waals surface area contributed by atoms with E-state index in [1.807, 2.05) is 12.1 Å². The zero-order valence-electron chi connectivity index (χ0n) is 19.5. The third kappa shape index (κ3) is 4.41. The van der Waals surface area contributed by atoms with Crippen molar-refractivity contribution >= 4 is 22.6 Å². The molecule has 0 unspecified atom stereocenters. The van der Waals surface area contributed by atoms with Crippen LogP contribution in [0.4, 0.5) is 5.82 Å². The predicted molar refractivity (Wildman–Crippen MR) is 135 cm³/mol. The average Bonchev–Trinajstić information content (AvgIpc) is 3.27. The SMILES string of the molecule is CCOC(=O)Cc1c(C#N)cccc1O[C@@H]1CCc2ccc(-c3ccc4ccnc(N)c4c3)cc21. The van der Waals surface area contributed by atoms with E-state index in [2.05, 4.69) is 47.5 Å². The Kier molecular flexibility index (Phi) is 6.07. The Hall–Kier alpha value is -4.37. The lowest BCUT2D eigenvalue weighted by Gasteiger charge is -2.19. The van der Waals surface area contributed by atoms with Gasteiger partial charge in [0.15, 0.2) is 0 Å². The number of benzene rings is 3. The summed E-state index contributed by atoms with van der Waals surface area (Å²) in [5.74, 6) is 0.683. The molecular formula is C29H25N3O3. The van der Waals surface area contributed by atoms with E-state index in [4.69, 9.17) is 15.2 Å². The van der Waals surface area contributed by atoms with Crippen LogP contribution in [0.2, 0.25) is 0 Å². The van der Waals surface area contributed by atoms with Crippen molar-refractivity contribution in [3.63, 3.8) is 0 Å². The number of rotatable bonds is 6. The van der Waals surface area contributed by atoms with Gasteiger partial charge in [-0.3, -0.25) is 4.79 Å². The number of carbonyl (C=O) groups excluding carboxylic acids is 1. The lowest BCUT2D eigenvalue weighted by Crippen LogP contribution is -2.12. The lowest BCUT2D eigenvalue weighted by atomic mass is 9.98. The fraction of sp³-hybridized carbons (Fsp3) is 0.207. The maximum Gasteiger partial charge on any atom is 0.310 e. The minimum Gasteiger partial charge on any atom is -0.485 e. The van der Waals surface area contributed by atoms with Crippen LogP contribution in [-0.2, 0) is 22.4 Å². The smallest absolute Gasteiger partial charge is 0.310 e. The Morgan fingerprint density at radius 2 is 1.97 bits per heavy atom. The molecule has 1 aliphatic carbocycles. The van der Waals surface area contributed by atoms with E-state index < -0.39 is 0 Å². The average molecular weight is 464 g/mol. The second-order valence-electron chi connectivity index (χ2n) is 8.57. The van der Waals surface area contributed by atoms with E-state index in [0.29, 0.717) is 29.3 Å². The van der Waals surface area contributed by atoms with Gasteiger partial charge in [-0.2, -0.15) is 5.26 Å². The number of aromatic nitrogens is 1. The summed E-state index contributed by atoms with van der Waals surface area (Å²) in [4.78, 5) is 16.4. The van der Waals surface area contributed by atoms with Gasteiger partial charge in [0.25, 0.3) is 0 Å². The van der Waals surface area contributed by atoms with Crippen LogP contribution in [0.1, 0.15) is 41.7 Å². The molecule has 6 nitrogen and oxygen atoms in total. The van der Waals surface area contributed by atoms with Crippen molar-refractivity contribution in [1.29, 1.82) is 5.26 Å². The molecule has 2 N–H and O–H groups in total. The first-order valence-electron chi connectivity index (χ1n) is 11.7. The highest BCUT2D eigenvalue weighted by molar-refractivity contribution is 5.94. The third-order valence-corrected chi connectivity index (χ3v) is 6.45. The van der Waals surface area contributed by atoms with Crippen molar-refractivity contribution in [1.82, 2.24) is 4.98 Å². The van der Waals surface area contributed by atoms with E-state index in [1.54, 1.807) is 25.3 Å². The molecule has 0 spiro atoms. The second-order valence-corrected chi connectivity index (χ2v) is 8.57. The van der Waals surface area contributed by atoms with Crippen molar-refractivity contribution in [3.05, 3.63) is 89.1 Å². The standard InChI is InChI=1S/C29H25N3O3/c1-2-34-28(33)16-24-22(17-30)4-3-5-26(24)35-27-11-10-18-6-8-20(14-23(18)27)21-9-7-19-12-13-32-29(31)25(19)15-21/h3-9,12-15,27H,2,10-11,16H2,1H3,(H2,31,32)/t27-/m1/s1. The summed E-state index contributed by atoms with van der Waals surface area (Å²) in [6, 6.07) is 22.1. The Labute approximate surface area is 203 Å². The van der Waals surface area contributed by atoms with E-state index in [9.17, 15) is 10.1 Å². The van der Waals surface area contributed by atoms with E-state index in [0.717, 1.165) is 40.3 Å². The van der Waals surface area contributed by atoms with Gasteiger partial charge in [0.05, 0.1) is 24.7 Å². The highest BCUT2D eigenvalue weighted by Gasteiger charge is 2.26. The molecule has 3 aromatic carbocycles. The summed E-state index contributed by atoms with van der Waals surface area (Å²) >= 11 is 0. The normalized spacial score (nSPS) is 14.3. The number of hydrogen-bond acceptors (Lipinski definition) is 6. The maximum absolute atomic E-state index is 12.2. The first-order chi connectivity index (χ1) is 17.1. The number of nitrogens with zero attached hydrogens (tertiary/aromatic N) is 2. The van der Waals surface area contributed by atoms with Crippen molar-refractivity contribution < 1.29 is 14.3 Å². The van der Waals surface area contributed by atoms with Gasteiger partial charge in [-0.25, -0.2) is 4.98 Å². The van der Waals surface area contributed by atoms with Gasteiger partial charge in [0.1, 0.15) is 17.7 Å². The van der Waals surface area contributed by atoms with Crippen LogP contribution in [0.15, 0.2) is 66.9 Å². The van der Waals surface area contributed by atoms with Gasteiger partial charge in [-0.15, -0.1) is 0 Å². The van der Waals surface area contributed by atoms with Crippen molar-refractivity contribution in [3.8, 4) is 22.9 Å². The monoisotopic (exact) mass is 463 g/mol. The first-order valence-corrected chi connectivity index (χ1v) is 11.7. The number of fused-ring (bicyclic) bond motifs is 2. The summed E-state index contributed by atoms with van der Waals surface area (Å²) in [7, 11) is 0. The molecule has 0 saturated heterocycles. The summed E-state index contributed by atoms with van der Waals surface area (Å²) in [6.07, 6.45) is 3.26. The molecule has 0 aliphatic heterocycles. The van der Waals surface area contributed by atoms with Crippen LogP contribution in [0, 0.1) is 11.3 Å². The van der Waals surface area contributed by atoms with Crippen LogP contribution in [0.5, 0.6) is 5.75 Å². The first kappa shape index (κ1) is 22.4. The lowest BCUT2D eigenvalue weighted by molar-refractivity contribution is -0.142. The molecule has 1 aliphatic rings. The number of carbonyl (C=O) groups is 1. The Morgan fingerprint density at radius 1 is 1.14 bits per heavy atom. The highest BCUT2D eigenvalue weighted by atomic mass is 16.5. The van der Waals surface area contributed by atoms with E-state index in [-0.39, 0.29) is 18.5 Å². The molecule has 1 aromatic heterocycles. The number of hydrogen-bond donors (Lipinski definition) is 1. The number of pyridine rings is 1. The number of esters is 1. The summed E-state index contributed by atoms with van der Waals surface area (Å²) in [5.41, 5.74) is 11.6. The van der Waals surface area contributed by atoms with Gasteiger partial charge in [-0.05, 0) is 77.7 Å². The zero-order valence-corrected chi connectivity index (χ0v) is 19.5. The molecule has 0 fully saturated rings. The van der Waals surface area contributed by atoms with Crippen molar-refractivity contribution in [2.75, 3.05) is 12.3 Å². The predicted octanol–water partition coefficient (Wildman–Crippen LogP) is 5.53. The zero-order chi connectivity index (χ0) is 24.4. The molecule has 5 rings (SSSR count). The summed E-state index contributed by atoms with van der Waals surface area (Å²) < 4.78 is 11.6. The van der Waals surface area contributed by atoms with Gasteiger partial charge in [-0.1, -0.05) is 30.3 Å². The molecular weight excluding hydrogens is 438 g/mol. The quantitative estimate of drug-likeness (QED) is 0.378. The number of aryl methyl sites for hydroxylation is 1. The van der Waals surface area contributed by atoms with Crippen LogP contribution >= 0.6 is 0 Å². The Bertz CT molecular complexity index is 1470. The van der Waals surface area contributed by atoms with Gasteiger partial charge >= 0.3 is 5.97 Å². The molecule has 6 heteroatoms. The molecule has 0 radical (unpaired) electrons. The highest BCUT2D eigenvalue weighted by Crippen LogP contribution is 2.39. The fourth-order valence-electron chi connectivity index (χ4n) is 4.71. The summed E-state index contributed by atoms with van der Waals surface area (Å²) in [5, 5.41) is 11.6. The van der Waals surface area contributed by atoms with Crippen LogP contribution in [0.25, 0.3) is 21.9 Å². The molecule has 0 bridgehead atoms. The Balaban J connectivity index is 1.47. The topological polar surface area (TPSA) is 98.2 Å². The van der Waals surface area contributed by atoms with Gasteiger partial charge in [0, 0.05) is 17.1 Å². The number of nitrogen functional groups attached to an aromatic ring is 1. The summed E-state index contributed by atoms with van der Waals surface area (Å²) in [6.45, 7) is 2.05. The molecule has 1 atom stereocenters. The van der Waals surface area contributed by atoms with Gasteiger partial charge in [0.2, 0.25) is 0 Å². The number of nitrogens with two attached hydrogens (primary N) is 1. The minimum absolute atomic E-state index is 0.000922. The van der Waals surface area contributed by atoms with E-state index >= 15 is 0 Å². The Morgan fingerprint density at radius 3 is 2.80 bits per heavy atom. The maximum atomic E-state index is 12.2. The van der Waals surface area contributed by atoms with Crippen LogP contribution < -0.4 is 10.5 Å². The van der Waals surface area contributed by atoms with Crippen molar-refractivity contribution in [2.45, 2.75) is 32.3 Å². The van der Waals surface area contributed by atoms with Gasteiger partial charge < -0.3 is 15.2 Å². The van der Waals surface area contributed by atoms with E-state index in [1.165, 1.54) is 5.56 Å². The van der Waals surface area contributed by atoms with Crippen molar-refractivity contribution in [2.24, 2.45) is 0 Å². The number of anilines is 1. The van der Waals surface area contributed by atoms with Crippen LogP contribution in [-0.4, -0.2) is 17.6 Å². The second kappa shape index (κ2) is 9.47.